The molecule has 0 bridgehead atoms. The van der Waals surface area contributed by atoms with Crippen LogP contribution >= 0.6 is 0 Å². The molecule has 2 fully saturated rings. The van der Waals surface area contributed by atoms with Gasteiger partial charge in [0.2, 0.25) is 0 Å². The third kappa shape index (κ3) is 4.44. The molecule has 1 saturated carbocycles. The molecule has 170 valence electrons. The minimum Gasteiger partial charge on any atom is -0.489 e. The molecule has 5 heteroatoms. The minimum atomic E-state index is -0.663. The summed E-state index contributed by atoms with van der Waals surface area (Å²) in [5, 5.41) is 9.54. The molecule has 1 aromatic rings. The summed E-state index contributed by atoms with van der Waals surface area (Å²) in [6.07, 6.45) is 7.95. The Morgan fingerprint density at radius 1 is 1.31 bits per heavy atom. The zero-order valence-corrected chi connectivity index (χ0v) is 19.0. The molecule has 3 aliphatic rings. The lowest BCUT2D eigenvalue weighted by Gasteiger charge is -2.32. The molecule has 2 aliphatic heterocycles. The molecular weight excluding hydrogens is 405 g/mol. The van der Waals surface area contributed by atoms with Crippen molar-refractivity contribution in [1.82, 2.24) is 4.90 Å². The van der Waals surface area contributed by atoms with Gasteiger partial charge in [0.1, 0.15) is 18.2 Å². The van der Waals surface area contributed by atoms with Crippen molar-refractivity contribution >= 4 is 11.5 Å². The summed E-state index contributed by atoms with van der Waals surface area (Å²) in [6.45, 7) is 10.6. The van der Waals surface area contributed by atoms with Gasteiger partial charge in [0.15, 0.2) is 0 Å². The van der Waals surface area contributed by atoms with Crippen LogP contribution in [0.1, 0.15) is 57.1 Å². The van der Waals surface area contributed by atoms with Gasteiger partial charge >= 0.3 is 5.97 Å². The number of carboxylic acids is 1. The fraction of sp³-hybridized carbons (Fsp3) is 0.444. The predicted molar refractivity (Wildman–Crippen MR) is 124 cm³/mol. The van der Waals surface area contributed by atoms with E-state index in [4.69, 9.17) is 4.74 Å². The number of fused-ring (bicyclic) bond motifs is 1. The predicted octanol–water partition coefficient (Wildman–Crippen LogP) is 5.87. The number of aliphatic carboxylic acids is 1. The molecule has 1 saturated heterocycles. The Bertz CT molecular complexity index is 1020. The van der Waals surface area contributed by atoms with Gasteiger partial charge in [-0.3, -0.25) is 4.79 Å². The van der Waals surface area contributed by atoms with Crippen LogP contribution in [0.25, 0.3) is 5.57 Å². The second kappa shape index (κ2) is 9.07. The van der Waals surface area contributed by atoms with E-state index in [1.54, 1.807) is 6.07 Å². The Hall–Kier alpha value is -2.66. The number of hydrogen-bond acceptors (Lipinski definition) is 3. The van der Waals surface area contributed by atoms with Crippen LogP contribution in [-0.2, 0) is 16.1 Å². The Morgan fingerprint density at radius 3 is 2.62 bits per heavy atom. The molecule has 0 amide bonds. The Balaban J connectivity index is 1.71. The number of carboxylic acid groups (broad SMARTS) is 1. The monoisotopic (exact) mass is 437 g/mol. The van der Waals surface area contributed by atoms with Gasteiger partial charge in [0.05, 0.1) is 5.41 Å². The van der Waals surface area contributed by atoms with Crippen LogP contribution in [0, 0.1) is 11.2 Å². The lowest BCUT2D eigenvalue weighted by Crippen LogP contribution is -2.38. The molecule has 0 unspecified atom stereocenters. The van der Waals surface area contributed by atoms with Gasteiger partial charge in [-0.2, -0.15) is 0 Å². The summed E-state index contributed by atoms with van der Waals surface area (Å²) in [5.74, 6) is -0.0905. The summed E-state index contributed by atoms with van der Waals surface area (Å²) in [5.41, 5.74) is 6.08. The van der Waals surface area contributed by atoms with Crippen LogP contribution in [0.15, 0.2) is 59.4 Å². The van der Waals surface area contributed by atoms with Gasteiger partial charge in [0, 0.05) is 30.8 Å². The topological polar surface area (TPSA) is 49.8 Å². The van der Waals surface area contributed by atoms with E-state index in [-0.39, 0.29) is 5.82 Å². The van der Waals surface area contributed by atoms with E-state index in [2.05, 4.69) is 18.4 Å². The summed E-state index contributed by atoms with van der Waals surface area (Å²) in [4.78, 5) is 13.9. The number of rotatable bonds is 6. The van der Waals surface area contributed by atoms with E-state index in [1.165, 1.54) is 17.2 Å². The maximum absolute atomic E-state index is 14.1. The number of halogens is 1. The number of nitrogens with zero attached hydrogens (tertiary/aromatic N) is 1. The summed E-state index contributed by atoms with van der Waals surface area (Å²) >= 11 is 0. The first-order valence-electron chi connectivity index (χ1n) is 11.5. The first-order valence-corrected chi connectivity index (χ1v) is 11.5. The Labute approximate surface area is 189 Å². The average molecular weight is 438 g/mol. The molecule has 1 N–H and O–H groups in total. The molecule has 0 atom stereocenters. The largest absolute Gasteiger partial charge is 0.489 e. The molecule has 4 nitrogen and oxygen atoms in total. The molecule has 4 rings (SSSR count). The van der Waals surface area contributed by atoms with Gasteiger partial charge in [-0.05, 0) is 73.9 Å². The van der Waals surface area contributed by atoms with Crippen molar-refractivity contribution in [2.45, 2.75) is 52.6 Å². The first kappa shape index (κ1) is 22.5. The van der Waals surface area contributed by atoms with Crippen LogP contribution in [0.5, 0.6) is 0 Å². The highest BCUT2D eigenvalue weighted by Crippen LogP contribution is 2.47. The maximum Gasteiger partial charge on any atom is 0.310 e. The fourth-order valence-corrected chi connectivity index (χ4v) is 4.85. The van der Waals surface area contributed by atoms with E-state index in [1.807, 2.05) is 25.1 Å². The van der Waals surface area contributed by atoms with Crippen LogP contribution < -0.4 is 0 Å². The second-order valence-electron chi connectivity index (χ2n) is 9.22. The molecule has 1 aliphatic carbocycles. The van der Waals surface area contributed by atoms with Crippen molar-refractivity contribution in [3.63, 3.8) is 0 Å². The summed E-state index contributed by atoms with van der Waals surface area (Å²) < 4.78 is 20.2. The van der Waals surface area contributed by atoms with Crippen LogP contribution in [0.4, 0.5) is 4.39 Å². The van der Waals surface area contributed by atoms with Crippen molar-refractivity contribution in [3.05, 3.63) is 76.4 Å². The van der Waals surface area contributed by atoms with Crippen molar-refractivity contribution < 1.29 is 19.0 Å². The number of likely N-dealkylation sites (tertiary alicyclic amines) is 1. The highest BCUT2D eigenvalue weighted by molar-refractivity contribution is 5.84. The zero-order chi connectivity index (χ0) is 22.9. The van der Waals surface area contributed by atoms with E-state index in [9.17, 15) is 14.3 Å². The highest BCUT2D eigenvalue weighted by atomic mass is 19.1. The normalized spacial score (nSPS) is 21.0. The minimum absolute atomic E-state index is 0.255. The Kier molecular flexibility index (Phi) is 6.38. The number of carbonyl (C=O) groups is 1. The van der Waals surface area contributed by atoms with E-state index >= 15 is 0 Å². The molecular formula is C27H32FNO3. The third-order valence-corrected chi connectivity index (χ3v) is 7.00. The molecule has 0 radical (unpaired) electrons. The number of benzene rings is 1. The first-order chi connectivity index (χ1) is 15.4. The summed E-state index contributed by atoms with van der Waals surface area (Å²) in [7, 11) is 0. The SMILES string of the molecule is C=C/C(C)=C\C1=C(CC)C(=C2CCN(CC3(C(=O)O)CC3)CC2)c2ccc(F)cc2CO1. The average Bonchev–Trinajstić information content (AvgIpc) is 3.58. The van der Waals surface area contributed by atoms with Crippen molar-refractivity contribution in [2.24, 2.45) is 5.41 Å². The van der Waals surface area contributed by atoms with Gasteiger partial charge in [-0.15, -0.1) is 0 Å². The van der Waals surface area contributed by atoms with Gasteiger partial charge < -0.3 is 14.7 Å². The second-order valence-corrected chi connectivity index (χ2v) is 9.22. The lowest BCUT2D eigenvalue weighted by atomic mass is 9.84. The van der Waals surface area contributed by atoms with Gasteiger partial charge in [0.25, 0.3) is 0 Å². The molecule has 0 aromatic heterocycles. The number of piperidine rings is 1. The molecule has 2 heterocycles. The van der Waals surface area contributed by atoms with Crippen molar-refractivity contribution in [1.29, 1.82) is 0 Å². The standard InChI is InChI=1S/C27H32FNO3/c1-4-18(3)14-24-22(5-2)25(23-7-6-21(28)15-20(23)16-32-24)19-8-12-29(13-9-19)17-27(10-11-27)26(30)31/h4,6-7,14-15H,1,5,8-13,16-17H2,2-3H3,(H,30,31)/b18-14-. The van der Waals surface area contributed by atoms with E-state index in [0.717, 1.165) is 73.2 Å². The van der Waals surface area contributed by atoms with Crippen molar-refractivity contribution in [3.8, 4) is 0 Å². The fourth-order valence-electron chi connectivity index (χ4n) is 4.85. The zero-order valence-electron chi connectivity index (χ0n) is 19.0. The number of allylic oxidation sites excluding steroid dienone is 5. The molecule has 32 heavy (non-hydrogen) atoms. The maximum atomic E-state index is 14.1. The van der Waals surface area contributed by atoms with Gasteiger partial charge in [-0.25, -0.2) is 4.39 Å². The van der Waals surface area contributed by atoms with Crippen molar-refractivity contribution in [2.75, 3.05) is 19.6 Å². The highest BCUT2D eigenvalue weighted by Gasteiger charge is 2.51. The van der Waals surface area contributed by atoms with Gasteiger partial charge in [-0.1, -0.05) is 31.2 Å². The quantitative estimate of drug-likeness (QED) is 0.566. The Morgan fingerprint density at radius 2 is 2.03 bits per heavy atom. The van der Waals surface area contributed by atoms with E-state index in [0.29, 0.717) is 13.2 Å². The number of hydrogen-bond donors (Lipinski definition) is 1. The lowest BCUT2D eigenvalue weighted by molar-refractivity contribution is -0.144. The van der Waals surface area contributed by atoms with Crippen LogP contribution in [-0.4, -0.2) is 35.6 Å². The molecule has 0 spiro atoms. The van der Waals surface area contributed by atoms with Crippen LogP contribution in [0.2, 0.25) is 0 Å². The van der Waals surface area contributed by atoms with E-state index < -0.39 is 11.4 Å². The molecule has 1 aromatic carbocycles. The number of ether oxygens (including phenoxy) is 1. The summed E-state index contributed by atoms with van der Waals surface area (Å²) in [6, 6.07) is 4.99. The third-order valence-electron chi connectivity index (χ3n) is 7.00. The van der Waals surface area contributed by atoms with Crippen LogP contribution in [0.3, 0.4) is 0 Å². The smallest absolute Gasteiger partial charge is 0.310 e.